The van der Waals surface area contributed by atoms with Crippen molar-refractivity contribution in [2.75, 3.05) is 0 Å². The normalized spacial score (nSPS) is 13.3. The maximum atomic E-state index is 4.41. The van der Waals surface area contributed by atoms with E-state index in [1.54, 1.807) is 0 Å². The molecule has 4 aromatic rings. The van der Waals surface area contributed by atoms with Crippen LogP contribution in [0, 0.1) is 5.92 Å². The van der Waals surface area contributed by atoms with Crippen LogP contribution >= 0.6 is 0 Å². The average Bonchev–Trinajstić information content (AvgIpc) is 3.71. The van der Waals surface area contributed by atoms with Gasteiger partial charge < -0.3 is 0 Å². The van der Waals surface area contributed by atoms with Crippen molar-refractivity contribution in [3.05, 3.63) is 144 Å². The van der Waals surface area contributed by atoms with Gasteiger partial charge in [0.15, 0.2) is 0 Å². The molecule has 0 aromatic heterocycles. The maximum Gasteiger partial charge on any atom is -0.0132 e. The molecule has 52 heavy (non-hydrogen) atoms. The van der Waals surface area contributed by atoms with Crippen LogP contribution in [0.1, 0.15) is 151 Å². The SMILES string of the molecule is C=C(C)C1CCCC1.C=C(CC/C(C)=C(/C)c1ccc(-c2ccc(C(C)(C)C)cc2)cc1)c1ccc(-c2ccc(C(C)(C)C)cc2)cc1.CC.CC. The van der Waals surface area contributed by atoms with Crippen LogP contribution in [0.3, 0.4) is 0 Å². The van der Waals surface area contributed by atoms with Crippen LogP contribution < -0.4 is 0 Å². The number of benzene rings is 4. The highest BCUT2D eigenvalue weighted by Gasteiger charge is 2.15. The van der Waals surface area contributed by atoms with E-state index in [9.17, 15) is 0 Å². The highest BCUT2D eigenvalue weighted by atomic mass is 14.2. The van der Waals surface area contributed by atoms with Crippen molar-refractivity contribution in [1.82, 2.24) is 0 Å². The molecule has 1 fully saturated rings. The molecule has 0 aliphatic heterocycles. The molecule has 0 amide bonds. The molecule has 5 rings (SSSR count). The van der Waals surface area contributed by atoms with E-state index in [2.05, 4.69) is 173 Å². The first-order valence-corrected chi connectivity index (χ1v) is 20.1. The zero-order valence-corrected chi connectivity index (χ0v) is 35.5. The molecule has 0 atom stereocenters. The second-order valence-electron chi connectivity index (χ2n) is 16.1. The molecule has 0 bridgehead atoms. The van der Waals surface area contributed by atoms with Crippen molar-refractivity contribution in [2.45, 2.75) is 139 Å². The van der Waals surface area contributed by atoms with Crippen molar-refractivity contribution in [1.29, 1.82) is 0 Å². The lowest BCUT2D eigenvalue weighted by Crippen LogP contribution is -2.10. The third-order valence-corrected chi connectivity index (χ3v) is 10.3. The molecule has 0 heteroatoms. The summed E-state index contributed by atoms with van der Waals surface area (Å²) in [5, 5.41) is 0. The van der Waals surface area contributed by atoms with E-state index in [1.165, 1.54) is 92.5 Å². The molecule has 1 aliphatic carbocycles. The molecule has 0 heterocycles. The second kappa shape index (κ2) is 21.0. The summed E-state index contributed by atoms with van der Waals surface area (Å²) in [7, 11) is 0. The topological polar surface area (TPSA) is 0 Å². The van der Waals surface area contributed by atoms with Crippen molar-refractivity contribution >= 4 is 11.1 Å². The van der Waals surface area contributed by atoms with Gasteiger partial charge in [0.25, 0.3) is 0 Å². The first-order chi connectivity index (χ1) is 24.6. The Bertz CT molecular complexity index is 1670. The smallest absolute Gasteiger partial charge is 0.0132 e. The molecule has 0 saturated heterocycles. The predicted molar refractivity (Wildman–Crippen MR) is 237 cm³/mol. The fourth-order valence-corrected chi connectivity index (χ4v) is 6.47. The van der Waals surface area contributed by atoms with E-state index in [4.69, 9.17) is 0 Å². The maximum absolute atomic E-state index is 4.41. The third kappa shape index (κ3) is 13.3. The molecule has 4 aromatic carbocycles. The van der Waals surface area contributed by atoms with Gasteiger partial charge >= 0.3 is 0 Å². The minimum Gasteiger partial charge on any atom is -0.0999 e. The summed E-state index contributed by atoms with van der Waals surface area (Å²) >= 11 is 0. The third-order valence-electron chi connectivity index (χ3n) is 10.3. The Labute approximate surface area is 321 Å². The average molecular weight is 697 g/mol. The molecule has 0 unspecified atom stereocenters. The summed E-state index contributed by atoms with van der Waals surface area (Å²) in [6, 6.07) is 35.8. The van der Waals surface area contributed by atoms with E-state index in [0.717, 1.165) is 18.8 Å². The Morgan fingerprint density at radius 3 is 1.13 bits per heavy atom. The van der Waals surface area contributed by atoms with Crippen LogP contribution in [-0.4, -0.2) is 0 Å². The number of hydrogen-bond donors (Lipinski definition) is 0. The second-order valence-corrected chi connectivity index (χ2v) is 16.1. The Hall–Kier alpha value is -3.90. The number of allylic oxidation sites excluding steroid dienone is 4. The predicted octanol–water partition coefficient (Wildman–Crippen LogP) is 16.7. The van der Waals surface area contributed by atoms with Gasteiger partial charge in [0, 0.05) is 0 Å². The largest absolute Gasteiger partial charge is 0.0999 e. The molecular formula is C52H72. The molecule has 0 nitrogen and oxygen atoms in total. The van der Waals surface area contributed by atoms with Gasteiger partial charge in [-0.05, 0) is 119 Å². The van der Waals surface area contributed by atoms with Crippen molar-refractivity contribution < 1.29 is 0 Å². The molecule has 0 radical (unpaired) electrons. The first kappa shape index (κ1) is 44.3. The Kier molecular flexibility index (Phi) is 17.8. The van der Waals surface area contributed by atoms with E-state index < -0.39 is 0 Å². The van der Waals surface area contributed by atoms with Crippen molar-refractivity contribution in [2.24, 2.45) is 5.92 Å². The van der Waals surface area contributed by atoms with Gasteiger partial charge in [-0.1, -0.05) is 203 Å². The number of rotatable bonds is 8. The van der Waals surface area contributed by atoms with Crippen molar-refractivity contribution in [3.8, 4) is 22.3 Å². The summed E-state index contributed by atoms with van der Waals surface area (Å²) in [6.45, 7) is 36.5. The van der Waals surface area contributed by atoms with Crippen molar-refractivity contribution in [3.63, 3.8) is 0 Å². The zero-order chi connectivity index (χ0) is 39.1. The summed E-state index contributed by atoms with van der Waals surface area (Å²) in [5.74, 6) is 0.870. The van der Waals surface area contributed by atoms with Gasteiger partial charge in [0.2, 0.25) is 0 Å². The highest BCUT2D eigenvalue weighted by Crippen LogP contribution is 2.32. The van der Waals surface area contributed by atoms with Gasteiger partial charge in [0.1, 0.15) is 0 Å². The van der Waals surface area contributed by atoms with Crippen LogP contribution in [0.15, 0.2) is 121 Å². The van der Waals surface area contributed by atoms with Crippen LogP contribution in [-0.2, 0) is 10.8 Å². The Balaban J connectivity index is 0.000000672. The molecule has 0 spiro atoms. The van der Waals surface area contributed by atoms with Crippen LogP contribution in [0.2, 0.25) is 0 Å². The van der Waals surface area contributed by atoms with Gasteiger partial charge in [-0.25, -0.2) is 0 Å². The van der Waals surface area contributed by atoms with E-state index >= 15 is 0 Å². The van der Waals surface area contributed by atoms with Crippen LogP contribution in [0.5, 0.6) is 0 Å². The number of hydrogen-bond acceptors (Lipinski definition) is 0. The van der Waals surface area contributed by atoms with Gasteiger partial charge in [-0.15, -0.1) is 0 Å². The molecule has 0 N–H and O–H groups in total. The van der Waals surface area contributed by atoms with Gasteiger partial charge in [-0.2, -0.15) is 0 Å². The molecule has 280 valence electrons. The monoisotopic (exact) mass is 697 g/mol. The minimum absolute atomic E-state index is 0.174. The summed E-state index contributed by atoms with van der Waals surface area (Å²) < 4.78 is 0. The molecule has 1 aliphatic rings. The minimum atomic E-state index is 0.174. The highest BCUT2D eigenvalue weighted by molar-refractivity contribution is 5.73. The van der Waals surface area contributed by atoms with Gasteiger partial charge in [0.05, 0.1) is 0 Å². The molecular weight excluding hydrogens is 625 g/mol. The van der Waals surface area contributed by atoms with Gasteiger partial charge in [-0.3, -0.25) is 0 Å². The lowest BCUT2D eigenvalue weighted by Gasteiger charge is -2.19. The fourth-order valence-electron chi connectivity index (χ4n) is 6.47. The first-order valence-electron chi connectivity index (χ1n) is 20.1. The quantitative estimate of drug-likeness (QED) is 0.161. The van der Waals surface area contributed by atoms with E-state index in [1.807, 2.05) is 27.7 Å². The standard InChI is InChI=1S/C40H46.C8H14.2C2H6/c1-28(30(3)32-14-18-34(19-15-32)36-22-26-38(27-23-36)40(7,8)9)10-11-29(2)31-12-16-33(17-13-31)35-20-24-37(25-21-35)39(4,5)6;1-7(2)8-5-3-4-6-8;2*1-2/h12-27H,2,10-11H2,1,3-9H3;8H,1,3-6H2,2H3;2*1-2H3/b30-28-;;;. The summed E-state index contributed by atoms with van der Waals surface area (Å²) in [6.07, 6.45) is 7.62. The Morgan fingerprint density at radius 2 is 0.827 bits per heavy atom. The van der Waals surface area contributed by atoms with Crippen LogP contribution in [0.4, 0.5) is 0 Å². The Morgan fingerprint density at radius 1 is 0.500 bits per heavy atom. The van der Waals surface area contributed by atoms with E-state index in [-0.39, 0.29) is 10.8 Å². The zero-order valence-electron chi connectivity index (χ0n) is 35.5. The summed E-state index contributed by atoms with van der Waals surface area (Å²) in [5.41, 5.74) is 16.0. The molecule has 1 saturated carbocycles. The van der Waals surface area contributed by atoms with Crippen LogP contribution in [0.25, 0.3) is 33.4 Å². The lowest BCUT2D eigenvalue weighted by molar-refractivity contribution is 0.590. The summed E-state index contributed by atoms with van der Waals surface area (Å²) in [4.78, 5) is 0. The lowest BCUT2D eigenvalue weighted by atomic mass is 9.86. The van der Waals surface area contributed by atoms with E-state index in [0.29, 0.717) is 0 Å². The fraction of sp³-hybridized carbons (Fsp3) is 0.423.